The lowest BCUT2D eigenvalue weighted by Gasteiger charge is -2.07. The van der Waals surface area contributed by atoms with Crippen LogP contribution < -0.4 is 4.74 Å². The molecule has 0 atom stereocenters. The Bertz CT molecular complexity index is 1300. The molecule has 0 aliphatic heterocycles. The topological polar surface area (TPSA) is 39.9 Å². The van der Waals surface area contributed by atoms with Crippen LogP contribution in [0.4, 0.5) is 0 Å². The predicted molar refractivity (Wildman–Crippen MR) is 127 cm³/mol. The van der Waals surface area contributed by atoms with E-state index in [9.17, 15) is 0 Å². The molecule has 5 rings (SSSR count). The van der Waals surface area contributed by atoms with Crippen molar-refractivity contribution in [3.63, 3.8) is 0 Å². The van der Waals surface area contributed by atoms with Crippen molar-refractivity contribution in [2.75, 3.05) is 7.11 Å². The fraction of sp³-hybridized carbons (Fsp3) is 0.0769. The monoisotopic (exact) mass is 423 g/mol. The third-order valence-electron chi connectivity index (χ3n) is 5.20. The van der Waals surface area contributed by atoms with Gasteiger partial charge in [0.2, 0.25) is 0 Å². The Hall–Kier alpha value is -3.57. The maximum atomic E-state index is 5.32. The molecule has 152 valence electrons. The number of nitrogens with zero attached hydrogens (tertiary/aromatic N) is 3. The van der Waals surface area contributed by atoms with E-state index in [-0.39, 0.29) is 0 Å². The molecule has 0 N–H and O–H groups in total. The highest BCUT2D eigenvalue weighted by atomic mass is 32.2. The molecule has 31 heavy (non-hydrogen) atoms. The summed E-state index contributed by atoms with van der Waals surface area (Å²) < 4.78 is 7.45. The van der Waals surface area contributed by atoms with E-state index in [4.69, 9.17) is 4.74 Å². The van der Waals surface area contributed by atoms with Crippen molar-refractivity contribution in [2.24, 2.45) is 0 Å². The van der Waals surface area contributed by atoms with Gasteiger partial charge in [0.05, 0.1) is 12.5 Å². The van der Waals surface area contributed by atoms with E-state index >= 15 is 0 Å². The molecule has 0 amide bonds. The van der Waals surface area contributed by atoms with Gasteiger partial charge in [-0.25, -0.2) is 9.97 Å². The summed E-state index contributed by atoms with van der Waals surface area (Å²) in [7, 11) is 1.68. The second-order valence-corrected chi connectivity index (χ2v) is 8.09. The van der Waals surface area contributed by atoms with Crippen LogP contribution in [0.3, 0.4) is 0 Å². The Morgan fingerprint density at radius 3 is 2.26 bits per heavy atom. The lowest BCUT2D eigenvalue weighted by molar-refractivity contribution is 0.415. The van der Waals surface area contributed by atoms with Crippen LogP contribution in [0.5, 0.6) is 5.75 Å². The highest BCUT2D eigenvalue weighted by Crippen LogP contribution is 2.37. The van der Waals surface area contributed by atoms with Gasteiger partial charge in [-0.1, -0.05) is 60.7 Å². The average Bonchev–Trinajstić information content (AvgIpc) is 3.24. The summed E-state index contributed by atoms with van der Waals surface area (Å²) in [5.41, 5.74) is 5.48. The van der Waals surface area contributed by atoms with E-state index in [1.54, 1.807) is 25.2 Å². The van der Waals surface area contributed by atoms with Crippen LogP contribution in [0, 0.1) is 0 Å². The van der Waals surface area contributed by atoms with Crippen LogP contribution in [-0.4, -0.2) is 21.6 Å². The Labute approximate surface area is 185 Å². The van der Waals surface area contributed by atoms with Crippen LogP contribution in [0.2, 0.25) is 0 Å². The number of benzene rings is 3. The smallest absolute Gasteiger partial charge is 0.149 e. The molecule has 5 aromatic rings. The number of rotatable bonds is 6. The first-order valence-electron chi connectivity index (χ1n) is 10.1. The van der Waals surface area contributed by atoms with Crippen molar-refractivity contribution in [2.45, 2.75) is 10.8 Å². The van der Waals surface area contributed by atoms with Crippen molar-refractivity contribution in [3.05, 3.63) is 103 Å². The summed E-state index contributed by atoms with van der Waals surface area (Å²) in [6.07, 6.45) is 3.81. The van der Waals surface area contributed by atoms with Crippen molar-refractivity contribution < 1.29 is 4.74 Å². The molecule has 0 unspecified atom stereocenters. The summed E-state index contributed by atoms with van der Waals surface area (Å²) in [6.45, 7) is 0. The molecule has 3 aromatic carbocycles. The third-order valence-corrected chi connectivity index (χ3v) is 6.26. The molecule has 0 spiro atoms. The average molecular weight is 424 g/mol. The normalized spacial score (nSPS) is 11.0. The molecule has 0 fully saturated rings. The van der Waals surface area contributed by atoms with E-state index in [0.717, 1.165) is 44.4 Å². The second-order valence-electron chi connectivity index (χ2n) is 7.13. The zero-order chi connectivity index (χ0) is 21.0. The maximum Gasteiger partial charge on any atom is 0.149 e. The number of hydrogen-bond donors (Lipinski definition) is 0. The third kappa shape index (κ3) is 3.92. The number of fused-ring (bicyclic) bond motifs is 1. The van der Waals surface area contributed by atoms with Gasteiger partial charge in [-0.05, 0) is 35.4 Å². The Morgan fingerprint density at radius 2 is 1.55 bits per heavy atom. The quantitative estimate of drug-likeness (QED) is 0.234. The van der Waals surface area contributed by atoms with E-state index in [1.807, 2.05) is 36.4 Å². The highest BCUT2D eigenvalue weighted by Gasteiger charge is 2.17. The molecule has 0 radical (unpaired) electrons. The Balaban J connectivity index is 1.65. The van der Waals surface area contributed by atoms with Gasteiger partial charge < -0.3 is 9.30 Å². The molecular weight excluding hydrogens is 402 g/mol. The van der Waals surface area contributed by atoms with E-state index in [0.29, 0.717) is 0 Å². The summed E-state index contributed by atoms with van der Waals surface area (Å²) in [5, 5.41) is 2.06. The molecule has 4 nitrogen and oxygen atoms in total. The van der Waals surface area contributed by atoms with Gasteiger partial charge in [-0.15, -0.1) is 11.8 Å². The largest absolute Gasteiger partial charge is 0.497 e. The standard InChI is InChI=1S/C26H21N3OS/c1-30-22-14-12-21(13-15-22)29-16-23(20-10-6-3-7-11-20)24-25(29)27-18-28-26(24)31-17-19-8-4-2-5-9-19/h2-16,18H,17H2,1H3. The van der Waals surface area contributed by atoms with Crippen molar-refractivity contribution in [3.8, 4) is 22.6 Å². The number of methoxy groups -OCH3 is 1. The Morgan fingerprint density at radius 1 is 0.839 bits per heavy atom. The SMILES string of the molecule is COc1ccc(-n2cc(-c3ccccc3)c3c(SCc4ccccc4)ncnc32)cc1. The molecule has 0 saturated heterocycles. The van der Waals surface area contributed by atoms with Crippen LogP contribution in [-0.2, 0) is 5.75 Å². The molecule has 0 saturated carbocycles. The molecule has 0 bridgehead atoms. The van der Waals surface area contributed by atoms with Crippen molar-refractivity contribution in [1.82, 2.24) is 14.5 Å². The van der Waals surface area contributed by atoms with Gasteiger partial charge in [0.25, 0.3) is 0 Å². The van der Waals surface area contributed by atoms with Gasteiger partial charge in [0.15, 0.2) is 0 Å². The zero-order valence-corrected chi connectivity index (χ0v) is 17.9. The summed E-state index contributed by atoms with van der Waals surface area (Å²) >= 11 is 1.74. The minimum Gasteiger partial charge on any atom is -0.497 e. The molecule has 0 aliphatic rings. The van der Waals surface area contributed by atoms with Gasteiger partial charge in [0.1, 0.15) is 22.7 Å². The molecule has 2 heterocycles. The molecule has 5 heteroatoms. The fourth-order valence-electron chi connectivity index (χ4n) is 3.65. The first-order chi connectivity index (χ1) is 15.3. The molecule has 2 aromatic heterocycles. The zero-order valence-electron chi connectivity index (χ0n) is 17.1. The minimum atomic E-state index is 0.831. The first kappa shape index (κ1) is 19.4. The maximum absolute atomic E-state index is 5.32. The Kier molecular flexibility index (Phi) is 5.42. The van der Waals surface area contributed by atoms with Gasteiger partial charge in [-0.2, -0.15) is 0 Å². The number of hydrogen-bond acceptors (Lipinski definition) is 4. The van der Waals surface area contributed by atoms with E-state index in [2.05, 4.69) is 69.3 Å². The van der Waals surface area contributed by atoms with Crippen LogP contribution in [0.1, 0.15) is 5.56 Å². The fourth-order valence-corrected chi connectivity index (χ4v) is 4.61. The van der Waals surface area contributed by atoms with Crippen LogP contribution in [0.15, 0.2) is 102 Å². The van der Waals surface area contributed by atoms with Gasteiger partial charge in [-0.3, -0.25) is 0 Å². The molecule has 0 aliphatic carbocycles. The van der Waals surface area contributed by atoms with Gasteiger partial charge >= 0.3 is 0 Å². The summed E-state index contributed by atoms with van der Waals surface area (Å²) in [5.74, 6) is 1.69. The first-order valence-corrected chi connectivity index (χ1v) is 11.0. The lowest BCUT2D eigenvalue weighted by atomic mass is 10.1. The summed E-state index contributed by atoms with van der Waals surface area (Å²) in [4.78, 5) is 9.33. The van der Waals surface area contributed by atoms with Crippen LogP contribution in [0.25, 0.3) is 27.8 Å². The van der Waals surface area contributed by atoms with Crippen molar-refractivity contribution in [1.29, 1.82) is 0 Å². The lowest BCUT2D eigenvalue weighted by Crippen LogP contribution is -1.95. The van der Waals surface area contributed by atoms with Crippen LogP contribution >= 0.6 is 11.8 Å². The second kappa shape index (κ2) is 8.66. The number of thioether (sulfide) groups is 1. The minimum absolute atomic E-state index is 0.831. The highest BCUT2D eigenvalue weighted by molar-refractivity contribution is 7.98. The van der Waals surface area contributed by atoms with E-state index in [1.165, 1.54) is 5.56 Å². The predicted octanol–water partition coefficient (Wildman–Crippen LogP) is 6.39. The number of ether oxygens (including phenoxy) is 1. The van der Waals surface area contributed by atoms with Crippen molar-refractivity contribution >= 4 is 22.8 Å². The molecular formula is C26H21N3OS. The van der Waals surface area contributed by atoms with E-state index < -0.39 is 0 Å². The number of aromatic nitrogens is 3. The van der Waals surface area contributed by atoms with Gasteiger partial charge in [0, 0.05) is 23.2 Å². The summed E-state index contributed by atoms with van der Waals surface area (Å²) in [6, 6.07) is 28.9.